The lowest BCUT2D eigenvalue weighted by Gasteiger charge is -2.19. The molecule has 3 heteroatoms. The Morgan fingerprint density at radius 3 is 2.24 bits per heavy atom. The van der Waals surface area contributed by atoms with E-state index >= 15 is 0 Å². The van der Waals surface area contributed by atoms with Gasteiger partial charge in [-0.1, -0.05) is 38.1 Å². The number of carbonyl (C=O) groups excluding carboxylic acids is 1. The van der Waals surface area contributed by atoms with Crippen LogP contribution in [0.1, 0.15) is 26.7 Å². The van der Waals surface area contributed by atoms with Crippen molar-refractivity contribution in [2.45, 2.75) is 26.7 Å². The van der Waals surface area contributed by atoms with Crippen LogP contribution in [-0.4, -0.2) is 20.0 Å². The largest absolute Gasteiger partial charge is 0.377 e. The van der Waals surface area contributed by atoms with Gasteiger partial charge in [0.15, 0.2) is 0 Å². The molecule has 3 nitrogen and oxygen atoms in total. The molecule has 1 N–H and O–H groups in total. The minimum atomic E-state index is 0.0808. The van der Waals surface area contributed by atoms with E-state index in [1.54, 1.807) is 0 Å². The maximum absolute atomic E-state index is 12.3. The monoisotopic (exact) mass is 284 g/mol. The Kier molecular flexibility index (Phi) is 4.84. The molecule has 2 aromatic carbocycles. The molecule has 0 fully saturated rings. The Labute approximate surface area is 127 Å². The average Bonchev–Trinajstić information content (AvgIpc) is 2.48. The van der Waals surface area contributed by atoms with E-state index in [-0.39, 0.29) is 11.8 Å². The molecule has 112 valence electrons. The summed E-state index contributed by atoms with van der Waals surface area (Å²) in [6.07, 6.45) is 1.74. The zero-order valence-corrected chi connectivity index (χ0v) is 13.3. The Morgan fingerprint density at radius 1 is 1.05 bits per heavy atom. The summed E-state index contributed by atoms with van der Waals surface area (Å²) in [6.45, 7) is 4.11. The van der Waals surface area contributed by atoms with Crippen molar-refractivity contribution in [3.8, 4) is 0 Å². The lowest BCUT2D eigenvalue weighted by molar-refractivity contribution is -0.120. The number of nitrogens with zero attached hydrogens (tertiary/aromatic N) is 1. The van der Waals surface area contributed by atoms with Crippen LogP contribution in [0.4, 0.5) is 11.4 Å². The summed E-state index contributed by atoms with van der Waals surface area (Å²) >= 11 is 0. The molecule has 0 saturated carbocycles. The van der Waals surface area contributed by atoms with Crippen LogP contribution in [0.5, 0.6) is 0 Å². The van der Waals surface area contributed by atoms with E-state index in [4.69, 9.17) is 0 Å². The Morgan fingerprint density at radius 2 is 1.67 bits per heavy atom. The van der Waals surface area contributed by atoms with Gasteiger partial charge in [0, 0.05) is 42.2 Å². The maximum atomic E-state index is 12.3. The first-order valence-electron chi connectivity index (χ1n) is 7.58. The van der Waals surface area contributed by atoms with Gasteiger partial charge in [-0.05, 0) is 25.0 Å². The molecular formula is C18H24N2O. The molecular weight excluding hydrogens is 260 g/mol. The van der Waals surface area contributed by atoms with Crippen molar-refractivity contribution in [3.63, 3.8) is 0 Å². The normalized spacial score (nSPS) is 10.9. The summed E-state index contributed by atoms with van der Waals surface area (Å²) in [4.78, 5) is 14.4. The molecule has 0 heterocycles. The van der Waals surface area contributed by atoms with E-state index in [2.05, 4.69) is 42.3 Å². The summed E-state index contributed by atoms with van der Waals surface area (Å²) in [6, 6.07) is 12.3. The molecule has 21 heavy (non-hydrogen) atoms. The minimum absolute atomic E-state index is 0.0808. The zero-order valence-electron chi connectivity index (χ0n) is 13.3. The van der Waals surface area contributed by atoms with Gasteiger partial charge in [-0.25, -0.2) is 0 Å². The molecule has 0 bridgehead atoms. The number of anilines is 2. The summed E-state index contributed by atoms with van der Waals surface area (Å²) in [7, 11) is 4.06. The highest BCUT2D eigenvalue weighted by Crippen LogP contribution is 2.31. The number of amides is 1. The third-order valence-electron chi connectivity index (χ3n) is 4.00. The maximum Gasteiger partial charge on any atom is 0.227 e. The molecule has 2 rings (SSSR count). The number of nitrogens with one attached hydrogen (secondary N) is 1. The molecule has 0 aromatic heterocycles. The highest BCUT2D eigenvalue weighted by Gasteiger charge is 2.16. The SMILES string of the molecule is CCC(CC)C(=O)Nc1ccc(N(C)C)c2ccccc12. The summed E-state index contributed by atoms with van der Waals surface area (Å²) in [5.74, 6) is 0.194. The second-order valence-corrected chi connectivity index (χ2v) is 5.57. The van der Waals surface area contributed by atoms with Crippen molar-refractivity contribution >= 4 is 28.1 Å². The van der Waals surface area contributed by atoms with Gasteiger partial charge in [0.25, 0.3) is 0 Å². The predicted molar refractivity (Wildman–Crippen MR) is 91.0 cm³/mol. The van der Waals surface area contributed by atoms with Gasteiger partial charge in [-0.2, -0.15) is 0 Å². The van der Waals surface area contributed by atoms with Crippen LogP contribution in [0.3, 0.4) is 0 Å². The lowest BCUT2D eigenvalue weighted by Crippen LogP contribution is -2.21. The van der Waals surface area contributed by atoms with Crippen LogP contribution in [0.2, 0.25) is 0 Å². The van der Waals surface area contributed by atoms with Gasteiger partial charge in [0.2, 0.25) is 5.91 Å². The van der Waals surface area contributed by atoms with Crippen LogP contribution in [0.25, 0.3) is 10.8 Å². The number of rotatable bonds is 5. The highest BCUT2D eigenvalue weighted by molar-refractivity contribution is 6.07. The number of hydrogen-bond acceptors (Lipinski definition) is 2. The van der Waals surface area contributed by atoms with Crippen LogP contribution < -0.4 is 10.2 Å². The van der Waals surface area contributed by atoms with E-state index in [0.717, 1.165) is 35.0 Å². The molecule has 0 atom stereocenters. The second-order valence-electron chi connectivity index (χ2n) is 5.57. The third-order valence-corrected chi connectivity index (χ3v) is 4.00. The second kappa shape index (κ2) is 6.61. The zero-order chi connectivity index (χ0) is 15.4. The molecule has 0 saturated heterocycles. The van der Waals surface area contributed by atoms with Crippen LogP contribution in [0, 0.1) is 5.92 Å². The van der Waals surface area contributed by atoms with E-state index in [9.17, 15) is 4.79 Å². The number of hydrogen-bond donors (Lipinski definition) is 1. The number of carbonyl (C=O) groups is 1. The topological polar surface area (TPSA) is 32.3 Å². The van der Waals surface area contributed by atoms with Crippen LogP contribution >= 0.6 is 0 Å². The van der Waals surface area contributed by atoms with E-state index in [0.29, 0.717) is 0 Å². The van der Waals surface area contributed by atoms with E-state index < -0.39 is 0 Å². The number of fused-ring (bicyclic) bond motifs is 1. The average molecular weight is 284 g/mol. The van der Waals surface area contributed by atoms with E-state index in [1.165, 1.54) is 0 Å². The Bertz CT molecular complexity index is 630. The van der Waals surface area contributed by atoms with Gasteiger partial charge < -0.3 is 10.2 Å². The van der Waals surface area contributed by atoms with Gasteiger partial charge in [0.05, 0.1) is 0 Å². The first kappa shape index (κ1) is 15.4. The smallest absolute Gasteiger partial charge is 0.227 e. The number of benzene rings is 2. The fourth-order valence-corrected chi connectivity index (χ4v) is 2.68. The fourth-order valence-electron chi connectivity index (χ4n) is 2.68. The summed E-state index contributed by atoms with van der Waals surface area (Å²) < 4.78 is 0. The molecule has 0 aliphatic heterocycles. The molecule has 2 aromatic rings. The molecule has 1 amide bonds. The minimum Gasteiger partial charge on any atom is -0.377 e. The first-order valence-corrected chi connectivity index (χ1v) is 7.58. The van der Waals surface area contributed by atoms with Crippen LogP contribution in [-0.2, 0) is 4.79 Å². The van der Waals surface area contributed by atoms with Crippen LogP contribution in [0.15, 0.2) is 36.4 Å². The van der Waals surface area contributed by atoms with Crippen molar-refractivity contribution in [1.29, 1.82) is 0 Å². The molecule has 0 spiro atoms. The standard InChI is InChI=1S/C18H24N2O/c1-5-13(6-2)18(21)19-16-11-12-17(20(3)4)15-10-8-7-9-14(15)16/h7-13H,5-6H2,1-4H3,(H,19,21). The summed E-state index contributed by atoms with van der Waals surface area (Å²) in [5, 5.41) is 5.34. The molecule has 0 unspecified atom stereocenters. The molecule has 0 aliphatic rings. The third kappa shape index (κ3) is 3.18. The molecule has 0 radical (unpaired) electrons. The highest BCUT2D eigenvalue weighted by atomic mass is 16.1. The van der Waals surface area contributed by atoms with Gasteiger partial charge in [-0.15, -0.1) is 0 Å². The first-order chi connectivity index (χ1) is 10.1. The quantitative estimate of drug-likeness (QED) is 0.888. The van der Waals surface area contributed by atoms with Crippen molar-refractivity contribution in [2.24, 2.45) is 5.92 Å². The van der Waals surface area contributed by atoms with Gasteiger partial charge >= 0.3 is 0 Å². The van der Waals surface area contributed by atoms with Crippen molar-refractivity contribution < 1.29 is 4.79 Å². The lowest BCUT2D eigenvalue weighted by atomic mass is 10.0. The van der Waals surface area contributed by atoms with E-state index in [1.807, 2.05) is 32.3 Å². The Hall–Kier alpha value is -2.03. The van der Waals surface area contributed by atoms with Crippen molar-refractivity contribution in [1.82, 2.24) is 0 Å². The van der Waals surface area contributed by atoms with Gasteiger partial charge in [-0.3, -0.25) is 4.79 Å². The molecule has 0 aliphatic carbocycles. The summed E-state index contributed by atoms with van der Waals surface area (Å²) in [5.41, 5.74) is 2.05. The van der Waals surface area contributed by atoms with Crippen molar-refractivity contribution in [3.05, 3.63) is 36.4 Å². The van der Waals surface area contributed by atoms with Crippen molar-refractivity contribution in [2.75, 3.05) is 24.3 Å². The van der Waals surface area contributed by atoms with Gasteiger partial charge in [0.1, 0.15) is 0 Å². The fraction of sp³-hybridized carbons (Fsp3) is 0.389. The Balaban J connectivity index is 2.42. The predicted octanol–water partition coefficient (Wildman–Crippen LogP) is 4.28.